The van der Waals surface area contributed by atoms with Crippen LogP contribution in [0, 0.1) is 0 Å². The fourth-order valence-corrected chi connectivity index (χ4v) is 3.86. The van der Waals surface area contributed by atoms with Crippen LogP contribution in [0.3, 0.4) is 0 Å². The molecule has 0 unspecified atom stereocenters. The lowest BCUT2D eigenvalue weighted by Gasteiger charge is -2.46. The fourth-order valence-electron chi connectivity index (χ4n) is 3.60. The Morgan fingerprint density at radius 2 is 2.09 bits per heavy atom. The van der Waals surface area contributed by atoms with E-state index in [1.807, 2.05) is 31.2 Å². The van der Waals surface area contributed by atoms with Gasteiger partial charge in [0, 0.05) is 23.9 Å². The second-order valence-electron chi connectivity index (χ2n) is 6.47. The molecular weight excluding hydrogens is 346 g/mol. The standard InChI is InChI=1S/C17H22BrNO3/c1-12(13-4-6-14(18)7-5-13)19-10-9-17(22-16(19)21)8-2-3-15(20)11-17/h4-7,12,15,20H,2-3,8-11H2,1H3/t12-,15+,17+/m0/s1. The Hall–Kier alpha value is -1.07. The number of aliphatic hydroxyl groups is 1. The van der Waals surface area contributed by atoms with E-state index in [2.05, 4.69) is 15.9 Å². The molecule has 1 aromatic rings. The summed E-state index contributed by atoms with van der Waals surface area (Å²) in [6, 6.07) is 8.01. The molecule has 0 aromatic heterocycles. The van der Waals surface area contributed by atoms with Crippen molar-refractivity contribution in [3.05, 3.63) is 34.3 Å². The molecule has 0 radical (unpaired) electrons. The number of rotatable bonds is 2. The minimum absolute atomic E-state index is 0.00790. The lowest BCUT2D eigenvalue weighted by Crippen LogP contribution is -2.52. The number of benzene rings is 1. The summed E-state index contributed by atoms with van der Waals surface area (Å²) in [6.45, 7) is 2.71. The minimum atomic E-state index is -0.440. The van der Waals surface area contributed by atoms with Gasteiger partial charge >= 0.3 is 6.09 Å². The van der Waals surface area contributed by atoms with Gasteiger partial charge in [-0.1, -0.05) is 28.1 Å². The largest absolute Gasteiger partial charge is 0.443 e. The van der Waals surface area contributed by atoms with E-state index in [4.69, 9.17) is 4.74 Å². The molecule has 1 saturated heterocycles. The number of carbonyl (C=O) groups is 1. The molecule has 4 nitrogen and oxygen atoms in total. The van der Waals surface area contributed by atoms with E-state index in [0.717, 1.165) is 35.7 Å². The Morgan fingerprint density at radius 3 is 2.73 bits per heavy atom. The van der Waals surface area contributed by atoms with Crippen LogP contribution < -0.4 is 0 Å². The first-order valence-electron chi connectivity index (χ1n) is 7.92. The molecule has 2 fully saturated rings. The van der Waals surface area contributed by atoms with Crippen LogP contribution in [-0.4, -0.2) is 34.3 Å². The second-order valence-corrected chi connectivity index (χ2v) is 7.39. The summed E-state index contributed by atoms with van der Waals surface area (Å²) in [5, 5.41) is 9.88. The Kier molecular flexibility index (Phi) is 4.46. The summed E-state index contributed by atoms with van der Waals surface area (Å²) in [4.78, 5) is 14.3. The lowest BCUT2D eigenvalue weighted by atomic mass is 9.80. The van der Waals surface area contributed by atoms with Gasteiger partial charge in [-0.2, -0.15) is 0 Å². The molecule has 1 aliphatic carbocycles. The molecule has 120 valence electrons. The zero-order chi connectivity index (χ0) is 15.7. The molecule has 1 aliphatic heterocycles. The van der Waals surface area contributed by atoms with Crippen LogP contribution >= 0.6 is 15.9 Å². The number of aliphatic hydroxyl groups excluding tert-OH is 1. The highest BCUT2D eigenvalue weighted by molar-refractivity contribution is 9.10. The van der Waals surface area contributed by atoms with Gasteiger partial charge in [-0.15, -0.1) is 0 Å². The van der Waals surface area contributed by atoms with Crippen LogP contribution in [-0.2, 0) is 4.74 Å². The van der Waals surface area contributed by atoms with Crippen LogP contribution in [0.25, 0.3) is 0 Å². The van der Waals surface area contributed by atoms with Gasteiger partial charge in [-0.3, -0.25) is 0 Å². The smallest absolute Gasteiger partial charge is 0.410 e. The zero-order valence-corrected chi connectivity index (χ0v) is 14.4. The Labute approximate surface area is 139 Å². The first-order valence-corrected chi connectivity index (χ1v) is 8.72. The molecule has 3 atom stereocenters. The number of halogens is 1. The number of ether oxygens (including phenoxy) is 1. The molecule has 0 bridgehead atoms. The zero-order valence-electron chi connectivity index (χ0n) is 12.8. The van der Waals surface area contributed by atoms with Gasteiger partial charge in [0.1, 0.15) is 5.60 Å². The highest BCUT2D eigenvalue weighted by Gasteiger charge is 2.44. The number of hydrogen-bond acceptors (Lipinski definition) is 3. The number of nitrogens with zero attached hydrogens (tertiary/aromatic N) is 1. The van der Waals surface area contributed by atoms with E-state index < -0.39 is 5.60 Å². The van der Waals surface area contributed by atoms with Gasteiger partial charge in [0.05, 0.1) is 12.1 Å². The summed E-state index contributed by atoms with van der Waals surface area (Å²) in [5.74, 6) is 0. The van der Waals surface area contributed by atoms with Gasteiger partial charge in [0.25, 0.3) is 0 Å². The van der Waals surface area contributed by atoms with E-state index in [1.54, 1.807) is 4.90 Å². The summed E-state index contributed by atoms with van der Waals surface area (Å²) in [6.07, 6.45) is 3.41. The van der Waals surface area contributed by atoms with Crippen molar-refractivity contribution in [1.82, 2.24) is 4.90 Å². The molecule has 5 heteroatoms. The number of amides is 1. The van der Waals surface area contributed by atoms with E-state index in [1.165, 1.54) is 0 Å². The highest BCUT2D eigenvalue weighted by atomic mass is 79.9. The van der Waals surface area contributed by atoms with Crippen molar-refractivity contribution in [2.75, 3.05) is 6.54 Å². The maximum Gasteiger partial charge on any atom is 0.410 e. The first-order chi connectivity index (χ1) is 10.5. The fraction of sp³-hybridized carbons (Fsp3) is 0.588. The molecule has 22 heavy (non-hydrogen) atoms. The third-order valence-corrected chi connectivity index (χ3v) is 5.47. The van der Waals surface area contributed by atoms with Crippen LogP contribution in [0.4, 0.5) is 4.79 Å². The van der Waals surface area contributed by atoms with Crippen molar-refractivity contribution in [1.29, 1.82) is 0 Å². The summed E-state index contributed by atoms with van der Waals surface area (Å²) < 4.78 is 6.81. The van der Waals surface area contributed by atoms with E-state index >= 15 is 0 Å². The van der Waals surface area contributed by atoms with Gasteiger partial charge in [-0.25, -0.2) is 4.79 Å². The Balaban J connectivity index is 1.70. The van der Waals surface area contributed by atoms with Crippen LogP contribution in [0.15, 0.2) is 28.7 Å². The average molecular weight is 368 g/mol. The molecule has 1 aromatic carbocycles. The predicted octanol–water partition coefficient (Wildman–Crippen LogP) is 4.03. The minimum Gasteiger partial charge on any atom is -0.443 e. The quantitative estimate of drug-likeness (QED) is 0.858. The van der Waals surface area contributed by atoms with Gasteiger partial charge in [0.15, 0.2) is 0 Å². The molecule has 1 N–H and O–H groups in total. The molecule has 1 saturated carbocycles. The Morgan fingerprint density at radius 1 is 1.36 bits per heavy atom. The third kappa shape index (κ3) is 3.15. The van der Waals surface area contributed by atoms with E-state index in [9.17, 15) is 9.90 Å². The van der Waals surface area contributed by atoms with Crippen molar-refractivity contribution in [2.45, 2.75) is 56.8 Å². The first kappa shape index (κ1) is 15.8. The van der Waals surface area contributed by atoms with Crippen molar-refractivity contribution >= 4 is 22.0 Å². The average Bonchev–Trinajstić information content (AvgIpc) is 2.47. The summed E-state index contributed by atoms with van der Waals surface area (Å²) >= 11 is 3.43. The maximum atomic E-state index is 12.5. The second kappa shape index (κ2) is 6.20. The molecule has 3 rings (SSSR count). The molecule has 1 heterocycles. The molecule has 2 aliphatic rings. The van der Waals surface area contributed by atoms with Crippen molar-refractivity contribution < 1.29 is 14.6 Å². The normalized spacial score (nSPS) is 30.2. The van der Waals surface area contributed by atoms with E-state index in [-0.39, 0.29) is 18.2 Å². The monoisotopic (exact) mass is 367 g/mol. The lowest BCUT2D eigenvalue weighted by molar-refractivity contribution is -0.0990. The van der Waals surface area contributed by atoms with Crippen molar-refractivity contribution in [2.24, 2.45) is 0 Å². The SMILES string of the molecule is C[C@@H](c1ccc(Br)cc1)N1CC[C@@]2(CCC[C@@H](O)C2)OC1=O. The maximum absolute atomic E-state index is 12.5. The van der Waals surface area contributed by atoms with Gasteiger partial charge in [0.2, 0.25) is 0 Å². The topological polar surface area (TPSA) is 49.8 Å². The molecular formula is C17H22BrNO3. The third-order valence-electron chi connectivity index (χ3n) is 4.94. The van der Waals surface area contributed by atoms with Crippen molar-refractivity contribution in [3.63, 3.8) is 0 Å². The van der Waals surface area contributed by atoms with E-state index in [0.29, 0.717) is 13.0 Å². The number of hydrogen-bond donors (Lipinski definition) is 1. The molecule has 1 spiro atoms. The van der Waals surface area contributed by atoms with Gasteiger partial charge in [-0.05, 0) is 43.9 Å². The van der Waals surface area contributed by atoms with Gasteiger partial charge < -0.3 is 14.7 Å². The predicted molar refractivity (Wildman–Crippen MR) is 87.6 cm³/mol. The van der Waals surface area contributed by atoms with Crippen LogP contribution in [0.2, 0.25) is 0 Å². The summed E-state index contributed by atoms with van der Waals surface area (Å²) in [7, 11) is 0. The van der Waals surface area contributed by atoms with Crippen LogP contribution in [0.1, 0.15) is 50.6 Å². The Bertz CT molecular complexity index is 547. The van der Waals surface area contributed by atoms with Crippen molar-refractivity contribution in [3.8, 4) is 0 Å². The summed E-state index contributed by atoms with van der Waals surface area (Å²) in [5.41, 5.74) is 0.657. The van der Waals surface area contributed by atoms with Crippen LogP contribution in [0.5, 0.6) is 0 Å². The highest BCUT2D eigenvalue weighted by Crippen LogP contribution is 2.39. The number of carbonyl (C=O) groups excluding carboxylic acids is 1. The molecule has 1 amide bonds.